The summed E-state index contributed by atoms with van der Waals surface area (Å²) in [5, 5.41) is 21.8. The summed E-state index contributed by atoms with van der Waals surface area (Å²) in [6.07, 6.45) is 1.65. The third-order valence-electron chi connectivity index (χ3n) is 4.45. The van der Waals surface area contributed by atoms with Crippen LogP contribution in [0.25, 0.3) is 16.0 Å². The summed E-state index contributed by atoms with van der Waals surface area (Å²) < 4.78 is 0. The van der Waals surface area contributed by atoms with Crippen molar-refractivity contribution in [2.75, 3.05) is 31.1 Å². The molecule has 0 atom stereocenters. The van der Waals surface area contributed by atoms with Crippen LogP contribution in [0.4, 0.5) is 5.13 Å². The molecule has 140 valence electrons. The van der Waals surface area contributed by atoms with Gasteiger partial charge in [-0.2, -0.15) is 5.26 Å². The predicted molar refractivity (Wildman–Crippen MR) is 112 cm³/mol. The lowest BCUT2D eigenvalue weighted by Crippen LogP contribution is -2.49. The minimum absolute atomic E-state index is 0.163. The van der Waals surface area contributed by atoms with E-state index in [1.54, 1.807) is 33.6 Å². The largest absolute Gasteiger partial charge is 0.343 e. The molecule has 1 saturated heterocycles. The number of aromatic nitrogens is 2. The topological polar surface area (TPSA) is 73.1 Å². The number of anilines is 1. The highest BCUT2D eigenvalue weighted by Crippen LogP contribution is 2.31. The van der Waals surface area contributed by atoms with Crippen LogP contribution in [0.2, 0.25) is 0 Å². The monoisotopic (exact) mass is 407 g/mol. The molecule has 1 fully saturated rings. The van der Waals surface area contributed by atoms with Gasteiger partial charge in [-0.15, -0.1) is 21.5 Å². The SMILES string of the molecule is N#C/C(=C\c1ccccc1)C(=O)N1CCN(c2nnc(-c3cccs3)s2)CC1. The Hall–Kier alpha value is -3.02. The molecular formula is C20H17N5OS2. The fourth-order valence-electron chi connectivity index (χ4n) is 2.97. The standard InChI is InChI=1S/C20H17N5OS2/c21-14-16(13-15-5-2-1-3-6-15)19(26)24-8-10-25(11-9-24)20-23-22-18(28-20)17-7-4-12-27-17/h1-7,12-13H,8-11H2/b16-13+. The van der Waals surface area contributed by atoms with Crippen LogP contribution >= 0.6 is 22.7 Å². The minimum atomic E-state index is -0.220. The van der Waals surface area contributed by atoms with Gasteiger partial charge in [-0.1, -0.05) is 47.7 Å². The number of nitrogens with zero attached hydrogens (tertiary/aromatic N) is 5. The first-order valence-corrected chi connectivity index (χ1v) is 10.5. The quantitative estimate of drug-likeness (QED) is 0.489. The van der Waals surface area contributed by atoms with E-state index in [1.807, 2.05) is 53.9 Å². The summed E-state index contributed by atoms with van der Waals surface area (Å²) in [5.41, 5.74) is 1.01. The third-order valence-corrected chi connectivity index (χ3v) is 6.47. The molecule has 0 saturated carbocycles. The van der Waals surface area contributed by atoms with E-state index in [1.165, 1.54) is 0 Å². The van der Waals surface area contributed by atoms with Crippen LogP contribution in [0.15, 0.2) is 53.4 Å². The molecule has 6 nitrogen and oxygen atoms in total. The molecule has 4 rings (SSSR count). The van der Waals surface area contributed by atoms with E-state index in [0.717, 1.165) is 20.6 Å². The number of amides is 1. The first-order chi connectivity index (χ1) is 13.7. The van der Waals surface area contributed by atoms with Crippen LogP contribution in [0.5, 0.6) is 0 Å². The summed E-state index contributed by atoms with van der Waals surface area (Å²) in [5.74, 6) is -0.220. The fourth-order valence-corrected chi connectivity index (χ4v) is 4.66. The number of hydrogen-bond donors (Lipinski definition) is 0. The lowest BCUT2D eigenvalue weighted by atomic mass is 10.1. The first kappa shape index (κ1) is 18.3. The van der Waals surface area contributed by atoms with Crippen LogP contribution in [-0.2, 0) is 4.79 Å². The van der Waals surface area contributed by atoms with Gasteiger partial charge < -0.3 is 9.80 Å². The molecule has 0 radical (unpaired) electrons. The van der Waals surface area contributed by atoms with Gasteiger partial charge in [0, 0.05) is 26.2 Å². The highest BCUT2D eigenvalue weighted by molar-refractivity contribution is 7.22. The number of rotatable bonds is 4. The van der Waals surface area contributed by atoms with E-state index in [0.29, 0.717) is 26.2 Å². The second-order valence-electron chi connectivity index (χ2n) is 6.23. The Balaban J connectivity index is 1.40. The average molecular weight is 408 g/mol. The maximum absolute atomic E-state index is 12.7. The van der Waals surface area contributed by atoms with Crippen molar-refractivity contribution in [2.45, 2.75) is 0 Å². The zero-order valence-corrected chi connectivity index (χ0v) is 16.6. The predicted octanol–water partition coefficient (Wildman–Crippen LogP) is 3.52. The van der Waals surface area contributed by atoms with Crippen LogP contribution in [0.3, 0.4) is 0 Å². The molecule has 3 aromatic rings. The van der Waals surface area contributed by atoms with Crippen LogP contribution in [0, 0.1) is 11.3 Å². The Morgan fingerprint density at radius 2 is 1.86 bits per heavy atom. The van der Waals surface area contributed by atoms with Crippen LogP contribution in [0.1, 0.15) is 5.56 Å². The third kappa shape index (κ3) is 3.96. The summed E-state index contributed by atoms with van der Waals surface area (Å²) in [7, 11) is 0. The van der Waals surface area contributed by atoms with Gasteiger partial charge in [0.05, 0.1) is 4.88 Å². The van der Waals surface area contributed by atoms with Crippen molar-refractivity contribution < 1.29 is 4.79 Å². The molecule has 3 heterocycles. The number of nitriles is 1. The summed E-state index contributed by atoms with van der Waals surface area (Å²) in [4.78, 5) is 17.7. The Kier molecular flexibility index (Phi) is 5.46. The molecule has 1 amide bonds. The van der Waals surface area contributed by atoms with Gasteiger partial charge in [-0.3, -0.25) is 4.79 Å². The number of carbonyl (C=O) groups is 1. The van der Waals surface area contributed by atoms with Crippen molar-refractivity contribution in [1.82, 2.24) is 15.1 Å². The molecule has 8 heteroatoms. The molecule has 0 N–H and O–H groups in total. The number of hydrogen-bond acceptors (Lipinski definition) is 7. The van der Waals surface area contributed by atoms with Crippen molar-refractivity contribution >= 4 is 39.8 Å². The Morgan fingerprint density at radius 1 is 1.07 bits per heavy atom. The Morgan fingerprint density at radius 3 is 2.54 bits per heavy atom. The molecule has 0 unspecified atom stereocenters. The van der Waals surface area contributed by atoms with Crippen LogP contribution < -0.4 is 4.90 Å². The van der Waals surface area contributed by atoms with Gasteiger partial charge >= 0.3 is 0 Å². The van der Waals surface area contributed by atoms with E-state index >= 15 is 0 Å². The summed E-state index contributed by atoms with van der Waals surface area (Å²) >= 11 is 3.21. The van der Waals surface area contributed by atoms with Gasteiger partial charge in [0.1, 0.15) is 11.6 Å². The molecule has 1 aliphatic rings. The second kappa shape index (κ2) is 8.33. The second-order valence-corrected chi connectivity index (χ2v) is 8.13. The zero-order chi connectivity index (χ0) is 19.3. The molecule has 0 bridgehead atoms. The van der Waals surface area contributed by atoms with Gasteiger partial charge in [0.15, 0.2) is 5.01 Å². The highest BCUT2D eigenvalue weighted by Gasteiger charge is 2.25. The van der Waals surface area contributed by atoms with E-state index in [-0.39, 0.29) is 11.5 Å². The Labute approximate surface area is 171 Å². The average Bonchev–Trinajstić information content (AvgIpc) is 3.44. The van der Waals surface area contributed by atoms with E-state index in [4.69, 9.17) is 0 Å². The summed E-state index contributed by atoms with van der Waals surface area (Å²) in [6, 6.07) is 15.5. The van der Waals surface area contributed by atoms with Gasteiger partial charge in [0.25, 0.3) is 5.91 Å². The summed E-state index contributed by atoms with van der Waals surface area (Å²) in [6.45, 7) is 2.46. The normalized spacial score (nSPS) is 14.8. The molecule has 2 aromatic heterocycles. The van der Waals surface area contributed by atoms with Crippen molar-refractivity contribution in [3.63, 3.8) is 0 Å². The van der Waals surface area contributed by atoms with Crippen molar-refractivity contribution in [2.24, 2.45) is 0 Å². The van der Waals surface area contributed by atoms with Gasteiger partial charge in [0.2, 0.25) is 5.13 Å². The number of carbonyl (C=O) groups excluding carboxylic acids is 1. The van der Waals surface area contributed by atoms with Crippen molar-refractivity contribution in [3.05, 3.63) is 59.0 Å². The number of benzene rings is 1. The molecule has 1 aromatic carbocycles. The number of piperazine rings is 1. The van der Waals surface area contributed by atoms with Gasteiger partial charge in [-0.05, 0) is 23.1 Å². The maximum Gasteiger partial charge on any atom is 0.264 e. The lowest BCUT2D eigenvalue weighted by molar-refractivity contribution is -0.126. The molecule has 1 aliphatic heterocycles. The lowest BCUT2D eigenvalue weighted by Gasteiger charge is -2.34. The number of thiophene rings is 1. The molecule has 0 spiro atoms. The van der Waals surface area contributed by atoms with E-state index in [9.17, 15) is 10.1 Å². The highest BCUT2D eigenvalue weighted by atomic mass is 32.1. The molecular weight excluding hydrogens is 390 g/mol. The van der Waals surface area contributed by atoms with Crippen molar-refractivity contribution in [1.29, 1.82) is 5.26 Å². The van der Waals surface area contributed by atoms with Gasteiger partial charge in [-0.25, -0.2) is 0 Å². The maximum atomic E-state index is 12.7. The van der Waals surface area contributed by atoms with E-state index in [2.05, 4.69) is 15.1 Å². The zero-order valence-electron chi connectivity index (χ0n) is 15.0. The van der Waals surface area contributed by atoms with E-state index < -0.39 is 0 Å². The molecule has 28 heavy (non-hydrogen) atoms. The molecule has 0 aliphatic carbocycles. The Bertz CT molecular complexity index is 1010. The fraction of sp³-hybridized carbons (Fsp3) is 0.200. The minimum Gasteiger partial charge on any atom is -0.343 e. The smallest absolute Gasteiger partial charge is 0.264 e. The first-order valence-electron chi connectivity index (χ1n) is 8.83. The van der Waals surface area contributed by atoms with Crippen LogP contribution in [-0.4, -0.2) is 47.2 Å². The van der Waals surface area contributed by atoms with Crippen molar-refractivity contribution in [3.8, 4) is 16.0 Å².